The number of aryl methyl sites for hydroxylation is 1. The summed E-state index contributed by atoms with van der Waals surface area (Å²) in [4.78, 5) is 0. The maximum Gasteiger partial charge on any atom is 0.156 e. The molecule has 2 N–H and O–H groups in total. The van der Waals surface area contributed by atoms with Crippen LogP contribution in [0.15, 0.2) is 12.6 Å². The number of nitrogens with two attached hydrogens (primary N) is 1. The van der Waals surface area contributed by atoms with E-state index < -0.39 is 17.3 Å². The number of rotatable bonds is 1. The van der Waals surface area contributed by atoms with Crippen molar-refractivity contribution in [3.8, 4) is 0 Å². The van der Waals surface area contributed by atoms with Crippen molar-refractivity contribution in [3.05, 3.63) is 35.4 Å². The van der Waals surface area contributed by atoms with Crippen LogP contribution in [0.3, 0.4) is 0 Å². The minimum atomic E-state index is -0.726. The molecule has 0 atom stereocenters. The Balaban J connectivity index is 3.50. The molecule has 1 nitrogen and oxygen atoms in total. The first-order chi connectivity index (χ1) is 5.95. The first-order valence-electron chi connectivity index (χ1n) is 3.85. The van der Waals surface area contributed by atoms with Gasteiger partial charge in [-0.3, -0.25) is 0 Å². The number of hydrogen-bond acceptors (Lipinski definition) is 1. The fourth-order valence-electron chi connectivity index (χ4n) is 1.11. The molecule has 0 aromatic heterocycles. The minimum Gasteiger partial charge on any atom is -0.394 e. The molecular weight excluding hydrogens is 172 g/mol. The fourth-order valence-corrected chi connectivity index (χ4v) is 1.11. The van der Waals surface area contributed by atoms with Crippen molar-refractivity contribution in [2.75, 3.05) is 5.73 Å². The largest absolute Gasteiger partial charge is 0.394 e. The molecule has 1 aromatic rings. The van der Waals surface area contributed by atoms with Gasteiger partial charge in [-0.15, -0.1) is 0 Å². The molecule has 0 unspecified atom stereocenters. The Hall–Kier alpha value is -1.38. The summed E-state index contributed by atoms with van der Waals surface area (Å²) < 4.78 is 26.3. The Morgan fingerprint density at radius 1 is 1.38 bits per heavy atom. The molecule has 0 aliphatic carbocycles. The molecule has 0 bridgehead atoms. The summed E-state index contributed by atoms with van der Waals surface area (Å²) in [6.45, 7) is 6.77. The lowest BCUT2D eigenvalue weighted by Crippen LogP contribution is -2.01. The molecule has 3 heteroatoms. The Morgan fingerprint density at radius 3 is 2.38 bits per heavy atom. The highest BCUT2D eigenvalue weighted by Gasteiger charge is 2.13. The van der Waals surface area contributed by atoms with Gasteiger partial charge in [-0.1, -0.05) is 6.58 Å². The van der Waals surface area contributed by atoms with E-state index in [2.05, 4.69) is 6.58 Å². The van der Waals surface area contributed by atoms with E-state index in [1.165, 1.54) is 13.0 Å². The second-order valence-corrected chi connectivity index (χ2v) is 3.06. The highest BCUT2D eigenvalue weighted by Crippen LogP contribution is 2.26. The molecule has 0 spiro atoms. The minimum absolute atomic E-state index is 0.274. The first-order valence-corrected chi connectivity index (χ1v) is 3.85. The normalized spacial score (nSPS) is 10.2. The molecule has 0 radical (unpaired) electrons. The van der Waals surface area contributed by atoms with Gasteiger partial charge in [-0.05, 0) is 31.1 Å². The van der Waals surface area contributed by atoms with Gasteiger partial charge < -0.3 is 5.73 Å². The van der Waals surface area contributed by atoms with Crippen LogP contribution in [0.2, 0.25) is 0 Å². The zero-order chi connectivity index (χ0) is 10.2. The van der Waals surface area contributed by atoms with Gasteiger partial charge >= 0.3 is 0 Å². The lowest BCUT2D eigenvalue weighted by molar-refractivity contribution is 0.583. The summed E-state index contributed by atoms with van der Waals surface area (Å²) in [5.74, 6) is -1.42. The zero-order valence-corrected chi connectivity index (χ0v) is 7.62. The summed E-state index contributed by atoms with van der Waals surface area (Å²) in [6, 6.07) is 1.41. The average Bonchev–Trinajstić information content (AvgIpc) is 2.07. The van der Waals surface area contributed by atoms with Gasteiger partial charge in [0.15, 0.2) is 11.6 Å². The molecule has 1 aromatic carbocycles. The van der Waals surface area contributed by atoms with Gasteiger partial charge in [0.25, 0.3) is 0 Å². The molecule has 0 heterocycles. The van der Waals surface area contributed by atoms with E-state index in [4.69, 9.17) is 5.73 Å². The van der Waals surface area contributed by atoms with Crippen molar-refractivity contribution < 1.29 is 8.78 Å². The van der Waals surface area contributed by atoms with Gasteiger partial charge in [-0.25, -0.2) is 8.78 Å². The smallest absolute Gasteiger partial charge is 0.156 e. The highest BCUT2D eigenvalue weighted by molar-refractivity contribution is 5.67. The van der Waals surface area contributed by atoms with Gasteiger partial charge in [0, 0.05) is 5.56 Å². The summed E-state index contributed by atoms with van der Waals surface area (Å²) in [5, 5.41) is 0. The van der Waals surface area contributed by atoms with E-state index >= 15 is 0 Å². The number of benzene rings is 1. The average molecular weight is 183 g/mol. The summed E-state index contributed by atoms with van der Waals surface area (Å²) in [5.41, 5.74) is 5.94. The maximum atomic E-state index is 13.3. The number of nitrogen functional groups attached to an aromatic ring is 1. The van der Waals surface area contributed by atoms with E-state index in [9.17, 15) is 8.78 Å². The molecule has 0 fully saturated rings. The van der Waals surface area contributed by atoms with Crippen LogP contribution in [-0.2, 0) is 0 Å². The summed E-state index contributed by atoms with van der Waals surface area (Å²) in [7, 11) is 0. The second-order valence-electron chi connectivity index (χ2n) is 3.06. The number of hydrogen-bond donors (Lipinski definition) is 1. The maximum absolute atomic E-state index is 13.3. The van der Waals surface area contributed by atoms with E-state index in [0.29, 0.717) is 11.1 Å². The number of halogens is 2. The molecular formula is C10H11F2N. The van der Waals surface area contributed by atoms with Crippen molar-refractivity contribution in [1.82, 2.24) is 0 Å². The lowest BCUT2D eigenvalue weighted by atomic mass is 10.0. The summed E-state index contributed by atoms with van der Waals surface area (Å²) >= 11 is 0. The predicted molar refractivity (Wildman–Crippen MR) is 50.2 cm³/mol. The molecule has 0 saturated carbocycles. The van der Waals surface area contributed by atoms with Crippen molar-refractivity contribution in [2.24, 2.45) is 0 Å². The highest BCUT2D eigenvalue weighted by atomic mass is 19.1. The third-order valence-electron chi connectivity index (χ3n) is 1.88. The van der Waals surface area contributed by atoms with Crippen LogP contribution < -0.4 is 5.73 Å². The van der Waals surface area contributed by atoms with Crippen molar-refractivity contribution in [2.45, 2.75) is 13.8 Å². The van der Waals surface area contributed by atoms with E-state index in [1.807, 2.05) is 0 Å². The third-order valence-corrected chi connectivity index (χ3v) is 1.88. The monoisotopic (exact) mass is 183 g/mol. The van der Waals surface area contributed by atoms with Crippen LogP contribution >= 0.6 is 0 Å². The van der Waals surface area contributed by atoms with Crippen LogP contribution in [-0.4, -0.2) is 0 Å². The van der Waals surface area contributed by atoms with Crippen molar-refractivity contribution in [1.29, 1.82) is 0 Å². The van der Waals surface area contributed by atoms with Crippen LogP contribution in [0.25, 0.3) is 5.57 Å². The Bertz CT molecular complexity index is 370. The number of anilines is 1. The van der Waals surface area contributed by atoms with Gasteiger partial charge in [0.05, 0.1) is 0 Å². The molecule has 0 amide bonds. The quantitative estimate of drug-likeness (QED) is 0.665. The van der Waals surface area contributed by atoms with E-state index in [1.54, 1.807) is 6.92 Å². The fraction of sp³-hybridized carbons (Fsp3) is 0.200. The molecule has 0 aliphatic heterocycles. The van der Waals surface area contributed by atoms with E-state index in [0.717, 1.165) is 0 Å². The topological polar surface area (TPSA) is 26.0 Å². The zero-order valence-electron chi connectivity index (χ0n) is 7.62. The van der Waals surface area contributed by atoms with Crippen LogP contribution in [0.4, 0.5) is 14.5 Å². The number of allylic oxidation sites excluding steroid dienone is 1. The lowest BCUT2D eigenvalue weighted by Gasteiger charge is -2.08. The van der Waals surface area contributed by atoms with Gasteiger partial charge in [0.1, 0.15) is 5.69 Å². The molecule has 13 heavy (non-hydrogen) atoms. The van der Waals surface area contributed by atoms with Crippen molar-refractivity contribution >= 4 is 11.3 Å². The molecule has 0 saturated heterocycles. The van der Waals surface area contributed by atoms with E-state index in [-0.39, 0.29) is 5.56 Å². The Labute approximate surface area is 75.9 Å². The third kappa shape index (κ3) is 1.54. The standard InChI is InChI=1S/C10H11F2N/c1-5(2)7-4-6(3)8(11)10(13)9(7)12/h4H,1,13H2,2-3H3. The first kappa shape index (κ1) is 9.71. The van der Waals surface area contributed by atoms with Gasteiger partial charge in [-0.2, -0.15) is 0 Å². The van der Waals surface area contributed by atoms with Crippen LogP contribution in [0, 0.1) is 18.6 Å². The van der Waals surface area contributed by atoms with Crippen LogP contribution in [0.1, 0.15) is 18.1 Å². The van der Waals surface area contributed by atoms with Crippen molar-refractivity contribution in [3.63, 3.8) is 0 Å². The van der Waals surface area contributed by atoms with Gasteiger partial charge in [0.2, 0.25) is 0 Å². The Kier molecular flexibility index (Phi) is 2.36. The molecule has 70 valence electrons. The molecule has 1 rings (SSSR count). The SMILES string of the molecule is C=C(C)c1cc(C)c(F)c(N)c1F. The predicted octanol–water partition coefficient (Wildman–Crippen LogP) is 2.89. The molecule has 0 aliphatic rings. The summed E-state index contributed by atoms with van der Waals surface area (Å²) in [6.07, 6.45) is 0. The second kappa shape index (κ2) is 3.17. The Morgan fingerprint density at radius 2 is 1.92 bits per heavy atom. The van der Waals surface area contributed by atoms with Crippen LogP contribution in [0.5, 0.6) is 0 Å².